The zero-order valence-corrected chi connectivity index (χ0v) is 11.8. The van der Waals surface area contributed by atoms with Gasteiger partial charge in [-0.05, 0) is 30.0 Å². The van der Waals surface area contributed by atoms with E-state index < -0.39 is 0 Å². The van der Waals surface area contributed by atoms with Crippen LogP contribution in [0.4, 0.5) is 4.39 Å². The molecule has 110 valence electrons. The zero-order chi connectivity index (χ0) is 14.8. The molecule has 3 rings (SSSR count). The Morgan fingerprint density at radius 3 is 2.86 bits per heavy atom. The Bertz CT molecular complexity index is 636. The Kier molecular flexibility index (Phi) is 3.73. The molecule has 0 aliphatic heterocycles. The molecule has 0 spiro atoms. The predicted molar refractivity (Wildman–Crippen MR) is 75.1 cm³/mol. The van der Waals surface area contributed by atoms with Gasteiger partial charge in [0.25, 0.3) is 0 Å². The van der Waals surface area contributed by atoms with E-state index in [9.17, 15) is 9.18 Å². The molecule has 1 saturated carbocycles. The normalized spacial score (nSPS) is 20.3. The summed E-state index contributed by atoms with van der Waals surface area (Å²) >= 11 is 0. The first-order valence-electron chi connectivity index (χ1n) is 7.03. The van der Waals surface area contributed by atoms with Crippen LogP contribution in [0.15, 0.2) is 36.7 Å². The van der Waals surface area contributed by atoms with Crippen LogP contribution in [-0.4, -0.2) is 22.1 Å². The van der Waals surface area contributed by atoms with Crippen molar-refractivity contribution in [3.05, 3.63) is 53.9 Å². The molecule has 0 saturated heterocycles. The number of hydrogen-bond donors (Lipinski definition) is 0. The van der Waals surface area contributed by atoms with Crippen LogP contribution in [0.25, 0.3) is 0 Å². The molecule has 1 aromatic heterocycles. The molecule has 1 aliphatic rings. The number of carbonyl (C=O) groups is 1. The third kappa shape index (κ3) is 3.12. The molecule has 0 N–H and O–H groups in total. The molecule has 1 aromatic carbocycles. The van der Waals surface area contributed by atoms with Crippen molar-refractivity contribution in [1.82, 2.24) is 9.55 Å². The first kappa shape index (κ1) is 13.8. The van der Waals surface area contributed by atoms with Gasteiger partial charge in [0.2, 0.25) is 0 Å². The van der Waals surface area contributed by atoms with Gasteiger partial charge in [-0.2, -0.15) is 0 Å². The molecule has 0 unspecified atom stereocenters. The highest BCUT2D eigenvalue weighted by Gasteiger charge is 2.45. The monoisotopic (exact) mass is 288 g/mol. The van der Waals surface area contributed by atoms with Crippen LogP contribution in [0, 0.1) is 11.7 Å². The standard InChI is InChI=1S/C16H17FN2O2/c1-19-8-7-18-15(19)6-9-21-16(20)14-10-13(14)11-2-4-12(17)5-3-11/h2-5,7-8,13-14H,6,9-10H2,1H3/t13-,14+/m1/s1. The molecule has 0 bridgehead atoms. The van der Waals surface area contributed by atoms with E-state index in [1.807, 2.05) is 17.8 Å². The average Bonchev–Trinajstić information content (AvgIpc) is 3.17. The lowest BCUT2D eigenvalue weighted by Gasteiger charge is -2.05. The second-order valence-corrected chi connectivity index (χ2v) is 5.37. The van der Waals surface area contributed by atoms with Crippen molar-refractivity contribution < 1.29 is 13.9 Å². The second-order valence-electron chi connectivity index (χ2n) is 5.37. The fraction of sp³-hybridized carbons (Fsp3) is 0.375. The molecule has 0 radical (unpaired) electrons. The highest BCUT2D eigenvalue weighted by Crippen LogP contribution is 2.48. The van der Waals surface area contributed by atoms with Crippen LogP contribution >= 0.6 is 0 Å². The first-order chi connectivity index (χ1) is 10.1. The number of imidazole rings is 1. The van der Waals surface area contributed by atoms with Crippen molar-refractivity contribution in [3.63, 3.8) is 0 Å². The van der Waals surface area contributed by atoms with Crippen molar-refractivity contribution in [2.75, 3.05) is 6.61 Å². The molecular weight excluding hydrogens is 271 g/mol. The molecule has 0 amide bonds. The maximum Gasteiger partial charge on any atom is 0.309 e. The number of nitrogens with zero attached hydrogens (tertiary/aromatic N) is 2. The number of aromatic nitrogens is 2. The van der Waals surface area contributed by atoms with E-state index in [1.54, 1.807) is 18.3 Å². The molecule has 5 heteroatoms. The number of hydrogen-bond acceptors (Lipinski definition) is 3. The molecule has 1 fully saturated rings. The Labute approximate surface area is 122 Å². The van der Waals surface area contributed by atoms with Crippen LogP contribution in [0.5, 0.6) is 0 Å². The van der Waals surface area contributed by atoms with Gasteiger partial charge < -0.3 is 9.30 Å². The van der Waals surface area contributed by atoms with Crippen molar-refractivity contribution in [1.29, 1.82) is 0 Å². The van der Waals surface area contributed by atoms with Gasteiger partial charge in [0.05, 0.1) is 12.5 Å². The topological polar surface area (TPSA) is 44.1 Å². The highest BCUT2D eigenvalue weighted by molar-refractivity contribution is 5.77. The minimum absolute atomic E-state index is 0.0863. The van der Waals surface area contributed by atoms with Gasteiger partial charge >= 0.3 is 5.97 Å². The molecule has 4 nitrogen and oxygen atoms in total. The van der Waals surface area contributed by atoms with Crippen LogP contribution in [0.2, 0.25) is 0 Å². The van der Waals surface area contributed by atoms with E-state index in [4.69, 9.17) is 4.74 Å². The molecule has 1 heterocycles. The number of esters is 1. The molecule has 1 aliphatic carbocycles. The summed E-state index contributed by atoms with van der Waals surface area (Å²) in [5.41, 5.74) is 1.00. The van der Waals surface area contributed by atoms with Gasteiger partial charge in [0.15, 0.2) is 0 Å². The van der Waals surface area contributed by atoms with E-state index in [1.165, 1.54) is 12.1 Å². The van der Waals surface area contributed by atoms with E-state index >= 15 is 0 Å². The minimum Gasteiger partial charge on any atom is -0.465 e. The quantitative estimate of drug-likeness (QED) is 0.794. The summed E-state index contributed by atoms with van der Waals surface area (Å²) in [5.74, 6) is 0.559. The van der Waals surface area contributed by atoms with Crippen molar-refractivity contribution in [3.8, 4) is 0 Å². The molecule has 21 heavy (non-hydrogen) atoms. The Morgan fingerprint density at radius 2 is 2.19 bits per heavy atom. The van der Waals surface area contributed by atoms with Gasteiger partial charge in [0, 0.05) is 25.9 Å². The van der Waals surface area contributed by atoms with E-state index in [0.29, 0.717) is 13.0 Å². The summed E-state index contributed by atoms with van der Waals surface area (Å²) in [7, 11) is 1.91. The summed E-state index contributed by atoms with van der Waals surface area (Å²) in [6.07, 6.45) is 4.99. The van der Waals surface area contributed by atoms with E-state index in [-0.39, 0.29) is 23.6 Å². The zero-order valence-electron chi connectivity index (χ0n) is 11.8. The van der Waals surface area contributed by atoms with Gasteiger partial charge in [-0.3, -0.25) is 4.79 Å². The average molecular weight is 288 g/mol. The maximum absolute atomic E-state index is 12.9. The third-order valence-corrected chi connectivity index (χ3v) is 3.88. The summed E-state index contributed by atoms with van der Waals surface area (Å²) in [5, 5.41) is 0. The van der Waals surface area contributed by atoms with Crippen molar-refractivity contribution >= 4 is 5.97 Å². The summed E-state index contributed by atoms with van der Waals surface area (Å²) in [6, 6.07) is 6.33. The lowest BCUT2D eigenvalue weighted by Crippen LogP contribution is -2.12. The van der Waals surface area contributed by atoms with Crippen LogP contribution in [0.1, 0.15) is 23.7 Å². The van der Waals surface area contributed by atoms with Gasteiger partial charge in [-0.25, -0.2) is 9.37 Å². The lowest BCUT2D eigenvalue weighted by atomic mass is 10.1. The number of benzene rings is 1. The Morgan fingerprint density at radius 1 is 1.43 bits per heavy atom. The fourth-order valence-corrected chi connectivity index (χ4v) is 2.52. The fourth-order valence-electron chi connectivity index (χ4n) is 2.52. The Balaban J connectivity index is 1.47. The molecule has 2 atom stereocenters. The predicted octanol–water partition coefficient (Wildman–Crippen LogP) is 2.45. The molecule has 2 aromatic rings. The minimum atomic E-state index is -0.256. The van der Waals surface area contributed by atoms with Crippen molar-refractivity contribution in [2.24, 2.45) is 13.0 Å². The summed E-state index contributed by atoms with van der Waals surface area (Å²) < 4.78 is 20.1. The van der Waals surface area contributed by atoms with Gasteiger partial charge in [-0.15, -0.1) is 0 Å². The summed E-state index contributed by atoms with van der Waals surface area (Å²) in [6.45, 7) is 0.344. The second kappa shape index (κ2) is 5.68. The van der Waals surface area contributed by atoms with E-state index in [0.717, 1.165) is 17.8 Å². The van der Waals surface area contributed by atoms with Gasteiger partial charge in [-0.1, -0.05) is 12.1 Å². The highest BCUT2D eigenvalue weighted by atomic mass is 19.1. The Hall–Kier alpha value is -2.17. The summed E-state index contributed by atoms with van der Waals surface area (Å²) in [4.78, 5) is 16.1. The van der Waals surface area contributed by atoms with Crippen LogP contribution < -0.4 is 0 Å². The van der Waals surface area contributed by atoms with Crippen molar-refractivity contribution in [2.45, 2.75) is 18.8 Å². The van der Waals surface area contributed by atoms with Crippen LogP contribution in [-0.2, 0) is 23.0 Å². The number of carbonyl (C=O) groups excluding carboxylic acids is 1. The first-order valence-corrected chi connectivity index (χ1v) is 7.03. The van der Waals surface area contributed by atoms with Gasteiger partial charge in [0.1, 0.15) is 11.6 Å². The molecular formula is C16H17FN2O2. The number of aryl methyl sites for hydroxylation is 1. The smallest absolute Gasteiger partial charge is 0.309 e. The number of ether oxygens (including phenoxy) is 1. The lowest BCUT2D eigenvalue weighted by molar-refractivity contribution is -0.145. The van der Waals surface area contributed by atoms with Crippen LogP contribution in [0.3, 0.4) is 0 Å². The largest absolute Gasteiger partial charge is 0.465 e. The maximum atomic E-state index is 12.9. The van der Waals surface area contributed by atoms with E-state index in [2.05, 4.69) is 4.98 Å². The number of rotatable bonds is 5. The SMILES string of the molecule is Cn1ccnc1CCOC(=O)[C@H]1C[C@@H]1c1ccc(F)cc1. The third-order valence-electron chi connectivity index (χ3n) is 3.88. The number of halogens is 1.